The highest BCUT2D eigenvalue weighted by Gasteiger charge is 2.12. The molecule has 0 atom stereocenters. The summed E-state index contributed by atoms with van der Waals surface area (Å²) in [5.74, 6) is -0.192. The van der Waals surface area contributed by atoms with Crippen LogP contribution in [-0.2, 0) is 6.54 Å². The van der Waals surface area contributed by atoms with Crippen LogP contribution in [0.3, 0.4) is 0 Å². The van der Waals surface area contributed by atoms with Crippen LogP contribution in [0.1, 0.15) is 16.1 Å². The SMILES string of the molecule is O=C(NCc1nccnc1-c1ccoc1)c1cccc(-n2cccn2)c1. The van der Waals surface area contributed by atoms with E-state index in [9.17, 15) is 4.79 Å². The van der Waals surface area contributed by atoms with Crippen LogP contribution in [-0.4, -0.2) is 25.7 Å². The van der Waals surface area contributed by atoms with Crippen molar-refractivity contribution in [3.05, 3.63) is 85.0 Å². The predicted octanol–water partition coefficient (Wildman–Crippen LogP) is 2.85. The molecule has 7 nitrogen and oxygen atoms in total. The Kier molecular flexibility index (Phi) is 4.26. The molecule has 0 aliphatic carbocycles. The van der Waals surface area contributed by atoms with E-state index in [1.165, 1.54) is 0 Å². The molecule has 3 heterocycles. The van der Waals surface area contributed by atoms with Crippen LogP contribution >= 0.6 is 0 Å². The molecule has 1 N–H and O–H groups in total. The molecule has 0 radical (unpaired) electrons. The van der Waals surface area contributed by atoms with Gasteiger partial charge in [-0.2, -0.15) is 5.10 Å². The molecule has 0 saturated carbocycles. The second kappa shape index (κ2) is 7.02. The summed E-state index contributed by atoms with van der Waals surface area (Å²) in [5, 5.41) is 7.07. The first-order valence-corrected chi connectivity index (χ1v) is 8.02. The van der Waals surface area contributed by atoms with Gasteiger partial charge < -0.3 is 9.73 Å². The summed E-state index contributed by atoms with van der Waals surface area (Å²) in [6.07, 6.45) is 9.91. The summed E-state index contributed by atoms with van der Waals surface area (Å²) in [6, 6.07) is 10.9. The number of nitrogens with one attached hydrogen (secondary N) is 1. The van der Waals surface area contributed by atoms with E-state index in [1.807, 2.05) is 30.5 Å². The van der Waals surface area contributed by atoms with E-state index >= 15 is 0 Å². The largest absolute Gasteiger partial charge is 0.472 e. The fraction of sp³-hybridized carbons (Fsp3) is 0.0526. The van der Waals surface area contributed by atoms with E-state index in [0.717, 1.165) is 11.3 Å². The van der Waals surface area contributed by atoms with E-state index in [1.54, 1.807) is 47.9 Å². The highest BCUT2D eigenvalue weighted by molar-refractivity contribution is 5.94. The summed E-state index contributed by atoms with van der Waals surface area (Å²) < 4.78 is 6.81. The number of benzene rings is 1. The first kappa shape index (κ1) is 15.8. The first-order valence-electron chi connectivity index (χ1n) is 8.02. The molecule has 0 fully saturated rings. The minimum Gasteiger partial charge on any atom is -0.472 e. The summed E-state index contributed by atoms with van der Waals surface area (Å²) in [6.45, 7) is 0.263. The zero-order chi connectivity index (χ0) is 17.8. The number of carbonyl (C=O) groups is 1. The maximum atomic E-state index is 12.5. The Morgan fingerprint density at radius 3 is 2.85 bits per heavy atom. The third kappa shape index (κ3) is 3.23. The zero-order valence-electron chi connectivity index (χ0n) is 13.7. The van der Waals surface area contributed by atoms with Crippen molar-refractivity contribution in [2.75, 3.05) is 0 Å². The van der Waals surface area contributed by atoms with Gasteiger partial charge in [0.1, 0.15) is 0 Å². The number of nitrogens with zero attached hydrogens (tertiary/aromatic N) is 4. The van der Waals surface area contributed by atoms with E-state index in [-0.39, 0.29) is 12.5 Å². The quantitative estimate of drug-likeness (QED) is 0.601. The van der Waals surface area contributed by atoms with Crippen LogP contribution in [0.25, 0.3) is 16.9 Å². The minimum absolute atomic E-state index is 0.192. The second-order valence-corrected chi connectivity index (χ2v) is 5.55. The fourth-order valence-corrected chi connectivity index (χ4v) is 2.61. The third-order valence-electron chi connectivity index (χ3n) is 3.86. The second-order valence-electron chi connectivity index (χ2n) is 5.55. The monoisotopic (exact) mass is 345 g/mol. The fourth-order valence-electron chi connectivity index (χ4n) is 2.61. The Hall–Kier alpha value is -3.74. The molecule has 0 unspecified atom stereocenters. The number of carbonyl (C=O) groups excluding carboxylic acids is 1. The molecule has 0 spiro atoms. The van der Waals surface area contributed by atoms with Crippen molar-refractivity contribution in [2.45, 2.75) is 6.54 Å². The number of hydrogen-bond donors (Lipinski definition) is 1. The van der Waals surface area contributed by atoms with Crippen LogP contribution in [0.4, 0.5) is 0 Å². The van der Waals surface area contributed by atoms with Crippen molar-refractivity contribution in [1.29, 1.82) is 0 Å². The molecular formula is C19H15N5O2. The number of aromatic nitrogens is 4. The van der Waals surface area contributed by atoms with Crippen molar-refractivity contribution >= 4 is 5.91 Å². The standard InChI is InChI=1S/C19H15N5O2/c25-19(14-3-1-4-16(11-14)24-9-2-6-23-24)22-12-17-18(21-8-7-20-17)15-5-10-26-13-15/h1-11,13H,12H2,(H,22,25). The Morgan fingerprint density at radius 1 is 1.12 bits per heavy atom. The summed E-state index contributed by atoms with van der Waals surface area (Å²) >= 11 is 0. The molecule has 128 valence electrons. The maximum absolute atomic E-state index is 12.5. The molecule has 1 amide bonds. The lowest BCUT2D eigenvalue weighted by Crippen LogP contribution is -2.24. The van der Waals surface area contributed by atoms with Gasteiger partial charge in [-0.15, -0.1) is 0 Å². The van der Waals surface area contributed by atoms with E-state index < -0.39 is 0 Å². The Labute approximate surface area is 149 Å². The molecule has 4 rings (SSSR count). The number of amides is 1. The van der Waals surface area contributed by atoms with Crippen LogP contribution in [0, 0.1) is 0 Å². The van der Waals surface area contributed by atoms with Crippen LogP contribution < -0.4 is 5.32 Å². The minimum atomic E-state index is -0.192. The molecule has 0 saturated heterocycles. The number of hydrogen-bond acceptors (Lipinski definition) is 5. The van der Waals surface area contributed by atoms with Gasteiger partial charge in [-0.25, -0.2) is 4.68 Å². The van der Waals surface area contributed by atoms with E-state index in [0.29, 0.717) is 17.0 Å². The molecule has 0 aliphatic heterocycles. The highest BCUT2D eigenvalue weighted by atomic mass is 16.3. The van der Waals surface area contributed by atoms with Crippen molar-refractivity contribution in [2.24, 2.45) is 0 Å². The van der Waals surface area contributed by atoms with Crippen LogP contribution in [0.5, 0.6) is 0 Å². The number of rotatable bonds is 5. The van der Waals surface area contributed by atoms with Gasteiger partial charge >= 0.3 is 0 Å². The van der Waals surface area contributed by atoms with Crippen LogP contribution in [0.15, 0.2) is 78.1 Å². The van der Waals surface area contributed by atoms with Crippen molar-refractivity contribution in [1.82, 2.24) is 25.1 Å². The van der Waals surface area contributed by atoms with Gasteiger partial charge in [-0.05, 0) is 30.3 Å². The molecule has 0 bridgehead atoms. The maximum Gasteiger partial charge on any atom is 0.251 e. The topological polar surface area (TPSA) is 85.8 Å². The molecule has 26 heavy (non-hydrogen) atoms. The van der Waals surface area contributed by atoms with Gasteiger partial charge in [0.25, 0.3) is 5.91 Å². The normalized spacial score (nSPS) is 10.6. The zero-order valence-corrected chi connectivity index (χ0v) is 13.7. The van der Waals surface area contributed by atoms with Gasteiger partial charge in [-0.3, -0.25) is 14.8 Å². The molecule has 0 aliphatic rings. The Balaban J connectivity index is 1.51. The van der Waals surface area contributed by atoms with E-state index in [2.05, 4.69) is 20.4 Å². The lowest BCUT2D eigenvalue weighted by molar-refractivity contribution is 0.0950. The summed E-state index contributed by atoms with van der Waals surface area (Å²) in [7, 11) is 0. The van der Waals surface area contributed by atoms with Gasteiger partial charge in [0.15, 0.2) is 0 Å². The smallest absolute Gasteiger partial charge is 0.251 e. The van der Waals surface area contributed by atoms with Crippen molar-refractivity contribution < 1.29 is 9.21 Å². The molecule has 7 heteroatoms. The lowest BCUT2D eigenvalue weighted by Gasteiger charge is -2.09. The van der Waals surface area contributed by atoms with Gasteiger partial charge in [0.05, 0.1) is 36.1 Å². The van der Waals surface area contributed by atoms with Crippen LogP contribution in [0.2, 0.25) is 0 Å². The van der Waals surface area contributed by atoms with Crippen molar-refractivity contribution in [3.63, 3.8) is 0 Å². The molecular weight excluding hydrogens is 330 g/mol. The molecule has 4 aromatic rings. The number of furan rings is 1. The highest BCUT2D eigenvalue weighted by Crippen LogP contribution is 2.20. The molecule has 1 aromatic carbocycles. The summed E-state index contributed by atoms with van der Waals surface area (Å²) in [5.41, 5.74) is 3.55. The van der Waals surface area contributed by atoms with Gasteiger partial charge in [0.2, 0.25) is 0 Å². The Morgan fingerprint density at radius 2 is 2.04 bits per heavy atom. The van der Waals surface area contributed by atoms with Gasteiger partial charge in [-0.1, -0.05) is 6.07 Å². The van der Waals surface area contributed by atoms with E-state index in [4.69, 9.17) is 4.42 Å². The van der Waals surface area contributed by atoms with Crippen molar-refractivity contribution in [3.8, 4) is 16.9 Å². The molecule has 3 aromatic heterocycles. The predicted molar refractivity (Wildman–Crippen MR) is 94.5 cm³/mol. The average Bonchev–Trinajstić information content (AvgIpc) is 3.40. The Bertz CT molecular complexity index is 1010. The third-order valence-corrected chi connectivity index (χ3v) is 3.86. The average molecular weight is 345 g/mol. The van der Waals surface area contributed by atoms with Gasteiger partial charge in [0, 0.05) is 35.9 Å². The lowest BCUT2D eigenvalue weighted by atomic mass is 10.1. The first-order chi connectivity index (χ1) is 12.8. The summed E-state index contributed by atoms with van der Waals surface area (Å²) in [4.78, 5) is 21.2.